The maximum absolute atomic E-state index is 12.3. The zero-order chi connectivity index (χ0) is 17.3. The molecular weight excluding hydrogens is 314 g/mol. The Hall–Kier alpha value is -3.49. The molecule has 3 rings (SSSR count). The summed E-state index contributed by atoms with van der Waals surface area (Å²) in [6.07, 6.45) is 1.31. The van der Waals surface area contributed by atoms with Crippen molar-refractivity contribution in [2.45, 2.75) is 13.5 Å². The van der Waals surface area contributed by atoms with E-state index >= 15 is 0 Å². The predicted octanol–water partition coefficient (Wildman–Crippen LogP) is 1.58. The summed E-state index contributed by atoms with van der Waals surface area (Å²) in [5.74, 6) is -0.552. The van der Waals surface area contributed by atoms with Crippen molar-refractivity contribution in [1.29, 1.82) is 0 Å². The van der Waals surface area contributed by atoms with Gasteiger partial charge in [0.05, 0.1) is 11.1 Å². The lowest BCUT2D eigenvalue weighted by molar-refractivity contribution is -0.384. The summed E-state index contributed by atoms with van der Waals surface area (Å²) >= 11 is 0. The minimum atomic E-state index is -0.494. The monoisotopic (exact) mass is 327 g/mol. The number of benzene rings is 1. The summed E-state index contributed by atoms with van der Waals surface area (Å²) in [7, 11) is 0. The summed E-state index contributed by atoms with van der Waals surface area (Å²) in [6.45, 7) is 1.81. The Morgan fingerprint density at radius 2 is 2.21 bits per heavy atom. The molecule has 0 aliphatic rings. The molecule has 2 N–H and O–H groups in total. The predicted molar refractivity (Wildman–Crippen MR) is 83.7 cm³/mol. The molecule has 0 fully saturated rings. The van der Waals surface area contributed by atoms with E-state index in [1.807, 2.05) is 0 Å². The molecule has 0 atom stereocenters. The van der Waals surface area contributed by atoms with Crippen LogP contribution >= 0.6 is 0 Å². The molecule has 0 radical (unpaired) electrons. The van der Waals surface area contributed by atoms with Crippen LogP contribution in [-0.4, -0.2) is 30.5 Å². The van der Waals surface area contributed by atoms with E-state index < -0.39 is 10.8 Å². The lowest BCUT2D eigenvalue weighted by Gasteiger charge is -2.05. The van der Waals surface area contributed by atoms with Gasteiger partial charge in [-0.15, -0.1) is 0 Å². The molecule has 0 bridgehead atoms. The van der Waals surface area contributed by atoms with Gasteiger partial charge >= 0.3 is 0 Å². The van der Waals surface area contributed by atoms with Gasteiger partial charge in [-0.1, -0.05) is 12.1 Å². The third kappa shape index (κ3) is 2.86. The van der Waals surface area contributed by atoms with E-state index in [9.17, 15) is 20.0 Å². The van der Waals surface area contributed by atoms with E-state index in [4.69, 9.17) is 0 Å². The second-order valence-corrected chi connectivity index (χ2v) is 5.16. The fourth-order valence-corrected chi connectivity index (χ4v) is 2.28. The molecule has 9 nitrogen and oxygen atoms in total. The number of nitro benzene ring substituents is 1. The minimum Gasteiger partial charge on any atom is -0.493 e. The van der Waals surface area contributed by atoms with E-state index in [1.54, 1.807) is 19.1 Å². The highest BCUT2D eigenvalue weighted by Crippen LogP contribution is 2.17. The second-order valence-electron chi connectivity index (χ2n) is 5.16. The van der Waals surface area contributed by atoms with Crippen molar-refractivity contribution >= 4 is 17.2 Å². The average molecular weight is 327 g/mol. The molecule has 2 heterocycles. The van der Waals surface area contributed by atoms with Crippen molar-refractivity contribution in [2.75, 3.05) is 0 Å². The SMILES string of the molecule is Cc1cc(O)n2ncc(C(=O)NCc3cccc([N+](=O)[O-])c3)c2n1. The van der Waals surface area contributed by atoms with Gasteiger partial charge in [0.15, 0.2) is 5.65 Å². The van der Waals surface area contributed by atoms with Crippen molar-refractivity contribution in [3.8, 4) is 5.88 Å². The molecule has 1 aromatic carbocycles. The summed E-state index contributed by atoms with van der Waals surface area (Å²) in [5.41, 5.74) is 1.55. The Kier molecular flexibility index (Phi) is 3.82. The van der Waals surface area contributed by atoms with E-state index in [2.05, 4.69) is 15.4 Å². The van der Waals surface area contributed by atoms with E-state index in [-0.39, 0.29) is 29.3 Å². The number of aryl methyl sites for hydroxylation is 1. The van der Waals surface area contributed by atoms with Gasteiger partial charge in [-0.05, 0) is 12.5 Å². The van der Waals surface area contributed by atoms with Crippen molar-refractivity contribution in [2.24, 2.45) is 0 Å². The third-order valence-corrected chi connectivity index (χ3v) is 3.40. The van der Waals surface area contributed by atoms with Crippen LogP contribution < -0.4 is 5.32 Å². The zero-order valence-corrected chi connectivity index (χ0v) is 12.6. The zero-order valence-electron chi connectivity index (χ0n) is 12.6. The van der Waals surface area contributed by atoms with E-state index in [1.165, 1.54) is 24.4 Å². The van der Waals surface area contributed by atoms with Crippen LogP contribution in [0.15, 0.2) is 36.5 Å². The molecule has 122 valence electrons. The Morgan fingerprint density at radius 3 is 2.96 bits per heavy atom. The molecule has 0 aliphatic heterocycles. The average Bonchev–Trinajstić information content (AvgIpc) is 2.97. The first kappa shape index (κ1) is 15.4. The van der Waals surface area contributed by atoms with Crippen molar-refractivity contribution in [1.82, 2.24) is 19.9 Å². The van der Waals surface area contributed by atoms with Crippen molar-refractivity contribution < 1.29 is 14.8 Å². The van der Waals surface area contributed by atoms with Crippen LogP contribution in [0, 0.1) is 17.0 Å². The molecule has 24 heavy (non-hydrogen) atoms. The minimum absolute atomic E-state index is 0.0417. The van der Waals surface area contributed by atoms with Crippen LogP contribution in [-0.2, 0) is 6.54 Å². The van der Waals surface area contributed by atoms with Crippen LogP contribution in [0.3, 0.4) is 0 Å². The van der Waals surface area contributed by atoms with Gasteiger partial charge in [-0.2, -0.15) is 9.61 Å². The fourth-order valence-electron chi connectivity index (χ4n) is 2.28. The highest BCUT2D eigenvalue weighted by Gasteiger charge is 2.16. The maximum atomic E-state index is 12.3. The number of rotatable bonds is 4. The number of non-ortho nitro benzene ring substituents is 1. The number of hydrogen-bond donors (Lipinski definition) is 2. The highest BCUT2D eigenvalue weighted by molar-refractivity contribution is 5.99. The van der Waals surface area contributed by atoms with Gasteiger partial charge in [0.1, 0.15) is 5.56 Å². The molecule has 0 spiro atoms. The first-order valence-electron chi connectivity index (χ1n) is 7.01. The summed E-state index contributed by atoms with van der Waals surface area (Å²) in [6, 6.07) is 7.44. The molecule has 0 saturated carbocycles. The van der Waals surface area contributed by atoms with Crippen LogP contribution in [0.25, 0.3) is 5.65 Å². The Bertz CT molecular complexity index is 950. The second kappa shape index (κ2) is 5.95. The van der Waals surface area contributed by atoms with Gasteiger partial charge in [0, 0.05) is 30.4 Å². The molecule has 3 aromatic rings. The van der Waals surface area contributed by atoms with Gasteiger partial charge in [-0.3, -0.25) is 14.9 Å². The molecule has 9 heteroatoms. The lowest BCUT2D eigenvalue weighted by atomic mass is 10.2. The van der Waals surface area contributed by atoms with E-state index in [0.717, 1.165) is 4.52 Å². The Morgan fingerprint density at radius 1 is 1.42 bits per heavy atom. The van der Waals surface area contributed by atoms with E-state index in [0.29, 0.717) is 11.3 Å². The molecule has 0 aliphatic carbocycles. The van der Waals surface area contributed by atoms with Crippen molar-refractivity contribution in [3.63, 3.8) is 0 Å². The number of aromatic hydroxyl groups is 1. The van der Waals surface area contributed by atoms with Gasteiger partial charge in [0.25, 0.3) is 11.6 Å². The summed E-state index contributed by atoms with van der Waals surface area (Å²) in [4.78, 5) is 26.8. The number of carbonyl (C=O) groups excluding carboxylic acids is 1. The molecule has 2 aromatic heterocycles. The van der Waals surface area contributed by atoms with Crippen LogP contribution in [0.2, 0.25) is 0 Å². The lowest BCUT2D eigenvalue weighted by Crippen LogP contribution is -2.22. The highest BCUT2D eigenvalue weighted by atomic mass is 16.6. The van der Waals surface area contributed by atoms with Crippen LogP contribution in [0.5, 0.6) is 5.88 Å². The fraction of sp³-hybridized carbons (Fsp3) is 0.133. The Labute approximate surface area is 135 Å². The largest absolute Gasteiger partial charge is 0.493 e. The quantitative estimate of drug-likeness (QED) is 0.554. The number of nitro groups is 1. The number of hydrogen-bond acceptors (Lipinski definition) is 6. The van der Waals surface area contributed by atoms with Crippen LogP contribution in [0.1, 0.15) is 21.6 Å². The smallest absolute Gasteiger partial charge is 0.269 e. The standard InChI is InChI=1S/C15H13N5O4/c1-9-5-13(21)19-14(18-9)12(8-17-19)15(22)16-7-10-3-2-4-11(6-10)20(23)24/h2-6,8,21H,7H2,1H3,(H,16,22). The molecule has 1 amide bonds. The number of carbonyl (C=O) groups is 1. The van der Waals surface area contributed by atoms with Gasteiger partial charge < -0.3 is 10.4 Å². The number of nitrogens with zero attached hydrogens (tertiary/aromatic N) is 4. The first-order valence-corrected chi connectivity index (χ1v) is 7.01. The molecule has 0 unspecified atom stereocenters. The summed E-state index contributed by atoms with van der Waals surface area (Å²) < 4.78 is 1.16. The maximum Gasteiger partial charge on any atom is 0.269 e. The summed E-state index contributed by atoms with van der Waals surface area (Å²) in [5, 5.41) is 27.2. The number of aromatic nitrogens is 3. The Balaban J connectivity index is 1.81. The molecular formula is C15H13N5O4. The topological polar surface area (TPSA) is 123 Å². The third-order valence-electron chi connectivity index (χ3n) is 3.40. The normalized spacial score (nSPS) is 10.7. The number of nitrogens with one attached hydrogen (secondary N) is 1. The first-order chi connectivity index (χ1) is 11.5. The van der Waals surface area contributed by atoms with Crippen LogP contribution in [0.4, 0.5) is 5.69 Å². The van der Waals surface area contributed by atoms with Gasteiger partial charge in [-0.25, -0.2) is 4.98 Å². The van der Waals surface area contributed by atoms with Gasteiger partial charge in [0.2, 0.25) is 5.88 Å². The number of fused-ring (bicyclic) bond motifs is 1. The number of amides is 1. The molecule has 0 saturated heterocycles. The van der Waals surface area contributed by atoms with Crippen molar-refractivity contribution in [3.05, 3.63) is 63.5 Å².